The molecule has 0 aromatic heterocycles. The average Bonchev–Trinajstić information content (AvgIpc) is 2.21. The van der Waals surface area contributed by atoms with Crippen molar-refractivity contribution in [3.63, 3.8) is 0 Å². The van der Waals surface area contributed by atoms with Crippen molar-refractivity contribution in [3.8, 4) is 0 Å². The van der Waals surface area contributed by atoms with Crippen LogP contribution in [0.4, 0.5) is 5.69 Å². The number of rotatable bonds is 3. The molecule has 0 aliphatic heterocycles. The minimum atomic E-state index is 0.545. The van der Waals surface area contributed by atoms with Gasteiger partial charge in [0.05, 0.1) is 0 Å². The summed E-state index contributed by atoms with van der Waals surface area (Å²) in [5.74, 6) is 0. The Morgan fingerprint density at radius 1 is 1.40 bits per heavy atom. The third-order valence-electron chi connectivity index (χ3n) is 2.26. The minimum Gasteiger partial charge on any atom is -0.398 e. The fraction of sp³-hybridized carbons (Fsp3) is 0.231. The van der Waals surface area contributed by atoms with E-state index in [0.29, 0.717) is 6.54 Å². The highest BCUT2D eigenvalue weighted by Gasteiger charge is 2.01. The molecule has 0 aliphatic carbocycles. The van der Waals surface area contributed by atoms with Crippen LogP contribution in [0.25, 0.3) is 5.57 Å². The van der Waals surface area contributed by atoms with E-state index >= 15 is 0 Å². The van der Waals surface area contributed by atoms with Crippen molar-refractivity contribution < 1.29 is 0 Å². The van der Waals surface area contributed by atoms with Gasteiger partial charge in [-0.05, 0) is 31.1 Å². The Morgan fingerprint density at radius 2 is 2.13 bits per heavy atom. The minimum absolute atomic E-state index is 0.545. The van der Waals surface area contributed by atoms with Crippen LogP contribution in [0.2, 0.25) is 0 Å². The van der Waals surface area contributed by atoms with Gasteiger partial charge in [0.1, 0.15) is 0 Å². The predicted octanol–water partition coefficient (Wildman–Crippen LogP) is 2.50. The van der Waals surface area contributed by atoms with E-state index in [9.17, 15) is 0 Å². The van der Waals surface area contributed by atoms with Gasteiger partial charge in [0.15, 0.2) is 0 Å². The normalized spacial score (nSPS) is 12.3. The molecule has 0 aliphatic rings. The van der Waals surface area contributed by atoms with E-state index in [1.807, 2.05) is 44.2 Å². The van der Waals surface area contributed by atoms with Gasteiger partial charge in [0, 0.05) is 17.8 Å². The third kappa shape index (κ3) is 2.96. The lowest BCUT2D eigenvalue weighted by Gasteiger charge is -2.07. The zero-order chi connectivity index (χ0) is 11.3. The number of nitrogen functional groups attached to an aromatic ring is 1. The summed E-state index contributed by atoms with van der Waals surface area (Å²) in [7, 11) is 0. The first-order chi connectivity index (χ1) is 7.19. The van der Waals surface area contributed by atoms with Crippen LogP contribution >= 0.6 is 0 Å². The Kier molecular flexibility index (Phi) is 4.13. The highest BCUT2D eigenvalue weighted by molar-refractivity contribution is 5.81. The summed E-state index contributed by atoms with van der Waals surface area (Å²) in [4.78, 5) is 0. The summed E-state index contributed by atoms with van der Waals surface area (Å²) in [5.41, 5.74) is 15.5. The van der Waals surface area contributed by atoms with E-state index in [-0.39, 0.29) is 0 Å². The van der Waals surface area contributed by atoms with Gasteiger partial charge in [0.25, 0.3) is 0 Å². The maximum atomic E-state index is 5.96. The highest BCUT2D eigenvalue weighted by atomic mass is 14.6. The van der Waals surface area contributed by atoms with Gasteiger partial charge in [-0.25, -0.2) is 0 Å². The molecule has 0 spiro atoms. The van der Waals surface area contributed by atoms with Crippen LogP contribution in [-0.2, 0) is 0 Å². The van der Waals surface area contributed by atoms with E-state index < -0.39 is 0 Å². The largest absolute Gasteiger partial charge is 0.398 e. The van der Waals surface area contributed by atoms with Crippen LogP contribution in [0.1, 0.15) is 18.1 Å². The Bertz CT molecular complexity index is 390. The number of aryl methyl sites for hydroxylation is 1. The lowest BCUT2D eigenvalue weighted by Crippen LogP contribution is -1.95. The first-order valence-corrected chi connectivity index (χ1v) is 5.08. The van der Waals surface area contributed by atoms with Gasteiger partial charge in [-0.2, -0.15) is 0 Å². The summed E-state index contributed by atoms with van der Waals surface area (Å²) in [6.07, 6.45) is 5.96. The molecule has 0 amide bonds. The first-order valence-electron chi connectivity index (χ1n) is 5.08. The summed E-state index contributed by atoms with van der Waals surface area (Å²) < 4.78 is 0. The lowest BCUT2D eigenvalue weighted by molar-refractivity contribution is 1.25. The van der Waals surface area contributed by atoms with Crippen molar-refractivity contribution in [2.24, 2.45) is 5.73 Å². The molecule has 2 nitrogen and oxygen atoms in total. The van der Waals surface area contributed by atoms with Gasteiger partial charge in [0.2, 0.25) is 0 Å². The summed E-state index contributed by atoms with van der Waals surface area (Å²) in [5, 5.41) is 0. The zero-order valence-corrected chi connectivity index (χ0v) is 9.33. The standard InChI is InChI=1S/C13H18N2/c1-3-11(5-4-8-14)12-7-6-10(2)9-13(12)15/h3-7,9H,8,14-15H2,1-2H3/b5-4-,11-3+. The molecular weight excluding hydrogens is 184 g/mol. The van der Waals surface area contributed by atoms with E-state index in [1.165, 1.54) is 5.56 Å². The van der Waals surface area contributed by atoms with Crippen molar-refractivity contribution >= 4 is 11.3 Å². The number of benzene rings is 1. The fourth-order valence-electron chi connectivity index (χ4n) is 1.48. The fourth-order valence-corrected chi connectivity index (χ4v) is 1.48. The Morgan fingerprint density at radius 3 is 2.67 bits per heavy atom. The molecule has 0 saturated carbocycles. The van der Waals surface area contributed by atoms with Gasteiger partial charge >= 0.3 is 0 Å². The second-order valence-electron chi connectivity index (χ2n) is 3.47. The molecule has 1 aromatic rings. The molecule has 0 unspecified atom stereocenters. The zero-order valence-electron chi connectivity index (χ0n) is 9.33. The molecule has 0 saturated heterocycles. The molecule has 1 aromatic carbocycles. The van der Waals surface area contributed by atoms with E-state index in [1.54, 1.807) is 0 Å². The maximum absolute atomic E-state index is 5.96. The highest BCUT2D eigenvalue weighted by Crippen LogP contribution is 2.23. The number of nitrogens with two attached hydrogens (primary N) is 2. The van der Waals surface area contributed by atoms with E-state index in [4.69, 9.17) is 11.5 Å². The smallest absolute Gasteiger partial charge is 0.0396 e. The molecule has 80 valence electrons. The Hall–Kier alpha value is -1.54. The lowest BCUT2D eigenvalue weighted by atomic mass is 10.0. The number of anilines is 1. The second kappa shape index (κ2) is 5.37. The molecular formula is C13H18N2. The maximum Gasteiger partial charge on any atom is 0.0396 e. The van der Waals surface area contributed by atoms with Gasteiger partial charge in [-0.1, -0.05) is 30.4 Å². The third-order valence-corrected chi connectivity index (χ3v) is 2.26. The Labute approximate surface area is 91.3 Å². The molecule has 15 heavy (non-hydrogen) atoms. The molecule has 4 N–H and O–H groups in total. The predicted molar refractivity (Wildman–Crippen MR) is 67.4 cm³/mol. The van der Waals surface area contributed by atoms with Crippen LogP contribution in [0.3, 0.4) is 0 Å². The molecule has 1 rings (SSSR count). The van der Waals surface area contributed by atoms with Crippen LogP contribution in [0, 0.1) is 6.92 Å². The molecule has 0 fully saturated rings. The number of hydrogen-bond donors (Lipinski definition) is 2. The van der Waals surface area contributed by atoms with E-state index in [0.717, 1.165) is 16.8 Å². The van der Waals surface area contributed by atoms with Crippen molar-refractivity contribution in [1.82, 2.24) is 0 Å². The van der Waals surface area contributed by atoms with E-state index in [2.05, 4.69) is 6.07 Å². The van der Waals surface area contributed by atoms with Gasteiger partial charge < -0.3 is 11.5 Å². The molecule has 0 radical (unpaired) electrons. The molecule has 0 bridgehead atoms. The van der Waals surface area contributed by atoms with Crippen molar-refractivity contribution in [1.29, 1.82) is 0 Å². The van der Waals surface area contributed by atoms with Crippen LogP contribution in [0.5, 0.6) is 0 Å². The second-order valence-corrected chi connectivity index (χ2v) is 3.47. The molecule has 0 atom stereocenters. The topological polar surface area (TPSA) is 52.0 Å². The first kappa shape index (κ1) is 11.5. The van der Waals surface area contributed by atoms with Crippen LogP contribution in [0.15, 0.2) is 36.4 Å². The van der Waals surface area contributed by atoms with Gasteiger partial charge in [-0.15, -0.1) is 0 Å². The van der Waals surface area contributed by atoms with Crippen molar-refractivity contribution in [2.45, 2.75) is 13.8 Å². The van der Waals surface area contributed by atoms with Crippen LogP contribution < -0.4 is 11.5 Å². The Balaban J connectivity index is 3.08. The number of hydrogen-bond acceptors (Lipinski definition) is 2. The van der Waals surface area contributed by atoms with Crippen molar-refractivity contribution in [3.05, 3.63) is 47.6 Å². The SMILES string of the molecule is C/C=C(\C=C/CN)c1ccc(C)cc1N. The van der Waals surface area contributed by atoms with Gasteiger partial charge in [-0.3, -0.25) is 0 Å². The molecule has 0 heterocycles. The summed E-state index contributed by atoms with van der Waals surface area (Å²) in [6, 6.07) is 6.08. The average molecular weight is 202 g/mol. The van der Waals surface area contributed by atoms with Crippen LogP contribution in [-0.4, -0.2) is 6.54 Å². The molecule has 2 heteroatoms. The number of allylic oxidation sites excluding steroid dienone is 3. The monoisotopic (exact) mass is 202 g/mol. The summed E-state index contributed by atoms with van der Waals surface area (Å²) in [6.45, 7) is 4.57. The summed E-state index contributed by atoms with van der Waals surface area (Å²) >= 11 is 0. The van der Waals surface area contributed by atoms with Crippen molar-refractivity contribution in [2.75, 3.05) is 12.3 Å². The quantitative estimate of drug-likeness (QED) is 0.584.